The second-order valence-electron chi connectivity index (χ2n) is 4.54. The fraction of sp³-hybridized carbons (Fsp3) is 0.333. The van der Waals surface area contributed by atoms with Gasteiger partial charge in [0.2, 0.25) is 0 Å². The monoisotopic (exact) mass is 245 g/mol. The van der Waals surface area contributed by atoms with E-state index in [0.29, 0.717) is 0 Å². The third-order valence-electron chi connectivity index (χ3n) is 3.31. The van der Waals surface area contributed by atoms with Crippen molar-refractivity contribution in [2.45, 2.75) is 33.9 Å². The van der Waals surface area contributed by atoms with E-state index in [0.717, 1.165) is 13.1 Å². The molecule has 0 unspecified atom stereocenters. The molecule has 0 radical (unpaired) electrons. The number of hydrogen-bond donors (Lipinski definition) is 1. The average molecular weight is 245 g/mol. The minimum absolute atomic E-state index is 0.947. The third kappa shape index (κ3) is 2.96. The van der Waals surface area contributed by atoms with Crippen LogP contribution in [-0.4, -0.2) is 0 Å². The van der Waals surface area contributed by atoms with Gasteiger partial charge in [-0.15, -0.1) is 0 Å². The summed E-state index contributed by atoms with van der Waals surface area (Å²) in [5.74, 6) is 0. The summed E-state index contributed by atoms with van der Waals surface area (Å²) >= 11 is 1.78. The first-order valence-electron chi connectivity index (χ1n) is 5.96. The van der Waals surface area contributed by atoms with Crippen LogP contribution in [0.3, 0.4) is 0 Å². The molecule has 2 heteroatoms. The second kappa shape index (κ2) is 5.48. The Balaban J connectivity index is 1.95. The molecule has 0 bridgehead atoms. The van der Waals surface area contributed by atoms with Crippen LogP contribution in [0.5, 0.6) is 0 Å². The molecule has 0 saturated heterocycles. The van der Waals surface area contributed by atoms with Crippen molar-refractivity contribution in [2.75, 3.05) is 0 Å². The molecule has 1 aromatic heterocycles. The van der Waals surface area contributed by atoms with Crippen molar-refractivity contribution in [3.63, 3.8) is 0 Å². The van der Waals surface area contributed by atoms with Gasteiger partial charge in [-0.3, -0.25) is 0 Å². The molecule has 17 heavy (non-hydrogen) atoms. The summed E-state index contributed by atoms with van der Waals surface area (Å²) in [7, 11) is 0. The van der Waals surface area contributed by atoms with Crippen molar-refractivity contribution >= 4 is 11.3 Å². The molecule has 0 saturated carbocycles. The second-order valence-corrected chi connectivity index (χ2v) is 5.29. The Labute approximate surface area is 108 Å². The molecule has 0 amide bonds. The van der Waals surface area contributed by atoms with Crippen molar-refractivity contribution in [3.8, 4) is 0 Å². The molecular formula is C15H19NS. The lowest BCUT2D eigenvalue weighted by molar-refractivity contribution is 0.689. The molecule has 2 rings (SSSR count). The molecular weight excluding hydrogens is 226 g/mol. The van der Waals surface area contributed by atoms with Gasteiger partial charge >= 0.3 is 0 Å². The first kappa shape index (κ1) is 12.3. The summed E-state index contributed by atoms with van der Waals surface area (Å²) in [5.41, 5.74) is 6.99. The number of nitrogens with one attached hydrogen (secondary N) is 1. The quantitative estimate of drug-likeness (QED) is 0.859. The summed E-state index contributed by atoms with van der Waals surface area (Å²) in [4.78, 5) is 0. The number of rotatable bonds is 4. The highest BCUT2D eigenvalue weighted by Gasteiger charge is 2.02. The maximum absolute atomic E-state index is 3.52. The standard InChI is InChI=1S/C15H19NS/c1-11-5-4-6-14(13(11)3)7-16-8-15-10-17-9-12(15)2/h4-6,9-10,16H,7-8H2,1-3H3. The van der Waals surface area contributed by atoms with E-state index in [1.165, 1.54) is 27.8 Å². The van der Waals surface area contributed by atoms with E-state index < -0.39 is 0 Å². The van der Waals surface area contributed by atoms with Gasteiger partial charge in [-0.1, -0.05) is 18.2 Å². The van der Waals surface area contributed by atoms with E-state index in [4.69, 9.17) is 0 Å². The van der Waals surface area contributed by atoms with Gasteiger partial charge in [-0.25, -0.2) is 0 Å². The Morgan fingerprint density at radius 2 is 1.71 bits per heavy atom. The van der Waals surface area contributed by atoms with Crippen LogP contribution in [0.15, 0.2) is 29.0 Å². The van der Waals surface area contributed by atoms with Crippen molar-refractivity contribution in [1.29, 1.82) is 0 Å². The molecule has 0 atom stereocenters. The lowest BCUT2D eigenvalue weighted by Crippen LogP contribution is -2.13. The minimum Gasteiger partial charge on any atom is -0.309 e. The molecule has 0 fully saturated rings. The van der Waals surface area contributed by atoms with Gasteiger partial charge in [0.15, 0.2) is 0 Å². The molecule has 90 valence electrons. The molecule has 1 aromatic carbocycles. The Hall–Kier alpha value is -1.12. The van der Waals surface area contributed by atoms with Crippen molar-refractivity contribution < 1.29 is 0 Å². The predicted octanol–water partition coefficient (Wildman–Crippen LogP) is 3.96. The van der Waals surface area contributed by atoms with Crippen LogP contribution in [0.4, 0.5) is 0 Å². The maximum atomic E-state index is 3.52. The van der Waals surface area contributed by atoms with Crippen LogP contribution in [-0.2, 0) is 13.1 Å². The Kier molecular flexibility index (Phi) is 3.97. The lowest BCUT2D eigenvalue weighted by Gasteiger charge is -2.09. The molecule has 0 spiro atoms. The van der Waals surface area contributed by atoms with Crippen molar-refractivity contribution in [3.05, 3.63) is 56.8 Å². The van der Waals surface area contributed by atoms with Gasteiger partial charge in [0.05, 0.1) is 0 Å². The zero-order valence-corrected chi connectivity index (χ0v) is 11.5. The largest absolute Gasteiger partial charge is 0.309 e. The van der Waals surface area contributed by atoms with Crippen molar-refractivity contribution in [1.82, 2.24) is 5.32 Å². The van der Waals surface area contributed by atoms with Crippen LogP contribution >= 0.6 is 11.3 Å². The highest BCUT2D eigenvalue weighted by Crippen LogP contribution is 2.15. The molecule has 2 aromatic rings. The van der Waals surface area contributed by atoms with E-state index in [2.05, 4.69) is 55.0 Å². The van der Waals surface area contributed by atoms with E-state index in [-0.39, 0.29) is 0 Å². The van der Waals surface area contributed by atoms with Crippen LogP contribution in [0.1, 0.15) is 27.8 Å². The normalized spacial score (nSPS) is 10.8. The Morgan fingerprint density at radius 3 is 2.41 bits per heavy atom. The van der Waals surface area contributed by atoms with Crippen LogP contribution in [0.2, 0.25) is 0 Å². The Bertz CT molecular complexity index is 499. The fourth-order valence-corrected chi connectivity index (χ4v) is 2.76. The van der Waals surface area contributed by atoms with Gasteiger partial charge in [0.25, 0.3) is 0 Å². The SMILES string of the molecule is Cc1cscc1CNCc1cccc(C)c1C. The van der Waals surface area contributed by atoms with Gasteiger partial charge in [-0.2, -0.15) is 11.3 Å². The molecule has 0 aliphatic rings. The van der Waals surface area contributed by atoms with Crippen LogP contribution in [0, 0.1) is 20.8 Å². The number of benzene rings is 1. The van der Waals surface area contributed by atoms with Crippen LogP contribution in [0.25, 0.3) is 0 Å². The molecule has 0 aliphatic heterocycles. The van der Waals surface area contributed by atoms with Crippen LogP contribution < -0.4 is 5.32 Å². The molecule has 1 nitrogen and oxygen atoms in total. The summed E-state index contributed by atoms with van der Waals surface area (Å²) in [6.07, 6.45) is 0. The van der Waals surface area contributed by atoms with Gasteiger partial charge < -0.3 is 5.32 Å². The molecule has 1 N–H and O–H groups in total. The molecule has 0 aliphatic carbocycles. The topological polar surface area (TPSA) is 12.0 Å². The molecule has 1 heterocycles. The smallest absolute Gasteiger partial charge is 0.0219 e. The predicted molar refractivity (Wildman–Crippen MR) is 75.5 cm³/mol. The summed E-state index contributed by atoms with van der Waals surface area (Å²) < 4.78 is 0. The zero-order chi connectivity index (χ0) is 12.3. The first-order chi connectivity index (χ1) is 8.18. The number of thiophene rings is 1. The highest BCUT2D eigenvalue weighted by atomic mass is 32.1. The van der Waals surface area contributed by atoms with Gasteiger partial charge in [-0.05, 0) is 59.3 Å². The van der Waals surface area contributed by atoms with E-state index in [1.807, 2.05) is 0 Å². The van der Waals surface area contributed by atoms with E-state index in [9.17, 15) is 0 Å². The highest BCUT2D eigenvalue weighted by molar-refractivity contribution is 7.08. The first-order valence-corrected chi connectivity index (χ1v) is 6.90. The number of aryl methyl sites for hydroxylation is 2. The van der Waals surface area contributed by atoms with Crippen molar-refractivity contribution in [2.24, 2.45) is 0 Å². The lowest BCUT2D eigenvalue weighted by atomic mass is 10.0. The Morgan fingerprint density at radius 1 is 0.941 bits per heavy atom. The van der Waals surface area contributed by atoms with E-state index in [1.54, 1.807) is 11.3 Å². The van der Waals surface area contributed by atoms with E-state index >= 15 is 0 Å². The third-order valence-corrected chi connectivity index (χ3v) is 4.22. The van der Waals surface area contributed by atoms with Gasteiger partial charge in [0.1, 0.15) is 0 Å². The maximum Gasteiger partial charge on any atom is 0.0219 e. The zero-order valence-electron chi connectivity index (χ0n) is 10.7. The summed E-state index contributed by atoms with van der Waals surface area (Å²) in [5, 5.41) is 7.95. The number of hydrogen-bond acceptors (Lipinski definition) is 2. The minimum atomic E-state index is 0.947. The fourth-order valence-electron chi connectivity index (χ4n) is 1.90. The average Bonchev–Trinajstić information content (AvgIpc) is 2.71. The summed E-state index contributed by atoms with van der Waals surface area (Å²) in [6, 6.07) is 6.51. The van der Waals surface area contributed by atoms with Gasteiger partial charge in [0, 0.05) is 13.1 Å². The summed E-state index contributed by atoms with van der Waals surface area (Å²) in [6.45, 7) is 8.45.